The summed E-state index contributed by atoms with van der Waals surface area (Å²) in [5.74, 6) is -4.17. The minimum atomic E-state index is -4.70. The summed E-state index contributed by atoms with van der Waals surface area (Å²) in [4.78, 5) is 25.6. The van der Waals surface area contributed by atoms with E-state index in [1.54, 1.807) is 29.2 Å². The summed E-state index contributed by atoms with van der Waals surface area (Å²) >= 11 is 0. The van der Waals surface area contributed by atoms with Gasteiger partial charge >= 0.3 is 5.76 Å². The number of hydrogen-bond donors (Lipinski definition) is 1. The Morgan fingerprint density at radius 1 is 0.929 bits per heavy atom. The maximum Gasteiger partial charge on any atom is 0.341 e. The van der Waals surface area contributed by atoms with Crippen molar-refractivity contribution in [2.75, 3.05) is 18.4 Å². The Balaban J connectivity index is 2.10. The third-order valence-electron chi connectivity index (χ3n) is 4.12. The number of alkyl halides is 2. The first-order valence-corrected chi connectivity index (χ1v) is 10.1. The SMILES string of the molecule is CCN(CC)C(=O)c1ccc(NC(=O)c2ccc(S(=O)(=O)C(F)F)cc2)cc1. The number of hydrogen-bond acceptors (Lipinski definition) is 4. The Morgan fingerprint density at radius 3 is 1.89 bits per heavy atom. The molecule has 0 aromatic heterocycles. The minimum absolute atomic E-state index is 0.108. The van der Waals surface area contributed by atoms with Crippen LogP contribution in [0, 0.1) is 0 Å². The summed E-state index contributed by atoms with van der Waals surface area (Å²) in [5, 5.41) is 2.60. The molecule has 0 radical (unpaired) electrons. The molecule has 150 valence electrons. The lowest BCUT2D eigenvalue weighted by molar-refractivity contribution is 0.0773. The molecule has 0 fully saturated rings. The van der Waals surface area contributed by atoms with E-state index in [0.29, 0.717) is 24.3 Å². The van der Waals surface area contributed by atoms with E-state index in [-0.39, 0.29) is 11.5 Å². The summed E-state index contributed by atoms with van der Waals surface area (Å²) in [7, 11) is -4.70. The van der Waals surface area contributed by atoms with E-state index in [1.807, 2.05) is 13.8 Å². The summed E-state index contributed by atoms with van der Waals surface area (Å²) in [6, 6.07) is 10.6. The smallest absolute Gasteiger partial charge is 0.339 e. The highest BCUT2D eigenvalue weighted by Gasteiger charge is 2.26. The summed E-state index contributed by atoms with van der Waals surface area (Å²) in [5.41, 5.74) is 1.03. The van der Waals surface area contributed by atoms with Crippen LogP contribution in [0.3, 0.4) is 0 Å². The van der Waals surface area contributed by atoms with Crippen LogP contribution in [0.4, 0.5) is 14.5 Å². The Morgan fingerprint density at radius 2 is 1.43 bits per heavy atom. The predicted octanol–water partition coefficient (Wildman–Crippen LogP) is 3.42. The Bertz CT molecular complexity index is 939. The number of halogens is 2. The van der Waals surface area contributed by atoms with Crippen molar-refractivity contribution in [2.24, 2.45) is 0 Å². The molecule has 28 heavy (non-hydrogen) atoms. The van der Waals surface area contributed by atoms with E-state index in [9.17, 15) is 26.8 Å². The number of benzene rings is 2. The zero-order valence-corrected chi connectivity index (χ0v) is 16.2. The molecule has 2 aromatic carbocycles. The van der Waals surface area contributed by atoms with Crippen molar-refractivity contribution in [3.05, 3.63) is 59.7 Å². The van der Waals surface area contributed by atoms with E-state index >= 15 is 0 Å². The molecule has 0 saturated heterocycles. The van der Waals surface area contributed by atoms with E-state index < -0.39 is 26.4 Å². The number of nitrogens with zero attached hydrogens (tertiary/aromatic N) is 1. The van der Waals surface area contributed by atoms with Crippen molar-refractivity contribution in [3.63, 3.8) is 0 Å². The van der Waals surface area contributed by atoms with Crippen molar-refractivity contribution in [2.45, 2.75) is 24.5 Å². The molecule has 6 nitrogen and oxygen atoms in total. The second-order valence-electron chi connectivity index (χ2n) is 5.84. The molecule has 0 saturated carbocycles. The highest BCUT2D eigenvalue weighted by Crippen LogP contribution is 2.19. The molecule has 2 aromatic rings. The van der Waals surface area contributed by atoms with Gasteiger partial charge in [0.2, 0.25) is 9.84 Å². The van der Waals surface area contributed by atoms with Crippen LogP contribution >= 0.6 is 0 Å². The number of carbonyl (C=O) groups excluding carboxylic acids is 2. The van der Waals surface area contributed by atoms with Gasteiger partial charge in [-0.3, -0.25) is 9.59 Å². The summed E-state index contributed by atoms with van der Waals surface area (Å²) < 4.78 is 47.9. The second kappa shape index (κ2) is 8.92. The molecule has 1 N–H and O–H groups in total. The van der Waals surface area contributed by atoms with Crippen molar-refractivity contribution in [3.8, 4) is 0 Å². The van der Waals surface area contributed by atoms with Crippen LogP contribution < -0.4 is 5.32 Å². The highest BCUT2D eigenvalue weighted by molar-refractivity contribution is 7.91. The van der Waals surface area contributed by atoms with E-state index in [0.717, 1.165) is 24.3 Å². The predicted molar refractivity (Wildman–Crippen MR) is 101 cm³/mol. The number of sulfone groups is 1. The van der Waals surface area contributed by atoms with Gasteiger partial charge in [-0.05, 0) is 62.4 Å². The molecule has 2 rings (SSSR count). The molecule has 0 aliphatic carbocycles. The quantitative estimate of drug-likeness (QED) is 0.758. The van der Waals surface area contributed by atoms with Gasteiger partial charge in [-0.15, -0.1) is 0 Å². The van der Waals surface area contributed by atoms with Gasteiger partial charge in [0.15, 0.2) is 0 Å². The molecule has 0 heterocycles. The summed E-state index contributed by atoms with van der Waals surface area (Å²) in [6.45, 7) is 4.94. The average Bonchev–Trinajstić information content (AvgIpc) is 2.69. The summed E-state index contributed by atoms with van der Waals surface area (Å²) in [6.07, 6.45) is 0. The molecule has 2 amide bonds. The van der Waals surface area contributed by atoms with Gasteiger partial charge in [0.05, 0.1) is 4.90 Å². The largest absolute Gasteiger partial charge is 0.341 e. The lowest BCUT2D eigenvalue weighted by Crippen LogP contribution is -2.30. The maximum atomic E-state index is 12.5. The van der Waals surface area contributed by atoms with Crippen molar-refractivity contribution < 1.29 is 26.8 Å². The van der Waals surface area contributed by atoms with Crippen LogP contribution in [0.5, 0.6) is 0 Å². The zero-order chi connectivity index (χ0) is 20.9. The standard InChI is InChI=1S/C19H20F2N2O4S/c1-3-23(4-2)18(25)14-5-9-15(10-6-14)22-17(24)13-7-11-16(12-8-13)28(26,27)19(20)21/h5-12,19H,3-4H2,1-2H3,(H,22,24). The van der Waals surface area contributed by atoms with Crippen LogP contribution in [0.25, 0.3) is 0 Å². The van der Waals surface area contributed by atoms with Gasteiger partial charge in [0.25, 0.3) is 11.8 Å². The van der Waals surface area contributed by atoms with E-state index in [1.165, 1.54) is 0 Å². The molecule has 9 heteroatoms. The Labute approximate surface area is 162 Å². The number of anilines is 1. The fourth-order valence-corrected chi connectivity index (χ4v) is 3.21. The fourth-order valence-electron chi connectivity index (χ4n) is 2.49. The number of nitrogens with one attached hydrogen (secondary N) is 1. The molecular formula is C19H20F2N2O4S. The second-order valence-corrected chi connectivity index (χ2v) is 7.76. The third-order valence-corrected chi connectivity index (χ3v) is 5.52. The van der Waals surface area contributed by atoms with Gasteiger partial charge in [-0.25, -0.2) is 8.42 Å². The van der Waals surface area contributed by atoms with E-state index in [4.69, 9.17) is 0 Å². The van der Waals surface area contributed by atoms with Crippen molar-refractivity contribution >= 4 is 27.3 Å². The van der Waals surface area contributed by atoms with Crippen LogP contribution in [-0.4, -0.2) is 44.0 Å². The van der Waals surface area contributed by atoms with Gasteiger partial charge in [-0.2, -0.15) is 8.78 Å². The highest BCUT2D eigenvalue weighted by atomic mass is 32.2. The van der Waals surface area contributed by atoms with Crippen molar-refractivity contribution in [1.29, 1.82) is 0 Å². The minimum Gasteiger partial charge on any atom is -0.339 e. The topological polar surface area (TPSA) is 83.6 Å². The normalized spacial score (nSPS) is 11.3. The van der Waals surface area contributed by atoms with Crippen molar-refractivity contribution in [1.82, 2.24) is 4.90 Å². The molecule has 0 bridgehead atoms. The third kappa shape index (κ3) is 4.72. The first-order valence-electron chi connectivity index (χ1n) is 8.53. The number of carbonyl (C=O) groups is 2. The monoisotopic (exact) mass is 410 g/mol. The average molecular weight is 410 g/mol. The maximum absolute atomic E-state index is 12.5. The molecular weight excluding hydrogens is 390 g/mol. The molecule has 0 atom stereocenters. The molecule has 0 unspecified atom stereocenters. The van der Waals surface area contributed by atoms with Gasteiger partial charge in [0, 0.05) is 29.9 Å². The van der Waals surface area contributed by atoms with Crippen LogP contribution in [0.2, 0.25) is 0 Å². The lowest BCUT2D eigenvalue weighted by atomic mass is 10.1. The van der Waals surface area contributed by atoms with Crippen LogP contribution in [-0.2, 0) is 9.84 Å². The molecule has 0 spiro atoms. The van der Waals surface area contributed by atoms with E-state index in [2.05, 4.69) is 5.32 Å². The van der Waals surface area contributed by atoms with Crippen LogP contribution in [0.1, 0.15) is 34.6 Å². The first kappa shape index (κ1) is 21.5. The molecule has 0 aliphatic rings. The van der Waals surface area contributed by atoms with Gasteiger partial charge in [-0.1, -0.05) is 0 Å². The first-order chi connectivity index (χ1) is 13.2. The number of rotatable bonds is 7. The Hall–Kier alpha value is -2.81. The number of amides is 2. The fraction of sp³-hybridized carbons (Fsp3) is 0.263. The van der Waals surface area contributed by atoms with Gasteiger partial charge < -0.3 is 10.2 Å². The van der Waals surface area contributed by atoms with Gasteiger partial charge in [0.1, 0.15) is 0 Å². The zero-order valence-electron chi connectivity index (χ0n) is 15.4. The molecule has 0 aliphatic heterocycles. The Kier molecular flexibility index (Phi) is 6.85. The van der Waals surface area contributed by atoms with Crippen LogP contribution in [0.15, 0.2) is 53.4 Å². The lowest BCUT2D eigenvalue weighted by Gasteiger charge is -2.18.